The highest BCUT2D eigenvalue weighted by Gasteiger charge is 2.24. The monoisotopic (exact) mass is 616 g/mol. The quantitative estimate of drug-likeness (QED) is 0.232. The first-order valence-electron chi connectivity index (χ1n) is 11.5. The van der Waals surface area contributed by atoms with Gasteiger partial charge in [0, 0.05) is 0 Å². The number of aromatic nitrogens is 6. The van der Waals surface area contributed by atoms with Crippen molar-refractivity contribution in [2.45, 2.75) is 4.90 Å². The fourth-order valence-corrected chi connectivity index (χ4v) is 5.80. The summed E-state index contributed by atoms with van der Waals surface area (Å²) >= 11 is 11.9. The third-order valence-electron chi connectivity index (χ3n) is 5.90. The highest BCUT2D eigenvalue weighted by Crippen LogP contribution is 2.34. The molecule has 0 fully saturated rings. The van der Waals surface area contributed by atoms with Gasteiger partial charge in [0.15, 0.2) is 23.3 Å². The van der Waals surface area contributed by atoms with E-state index in [1.54, 1.807) is 18.2 Å². The van der Waals surface area contributed by atoms with Crippen molar-refractivity contribution < 1.29 is 21.6 Å². The van der Waals surface area contributed by atoms with Crippen molar-refractivity contribution in [2.24, 2.45) is 0 Å². The third-order valence-corrected chi connectivity index (χ3v) is 8.24. The van der Waals surface area contributed by atoms with E-state index in [-0.39, 0.29) is 32.7 Å². The minimum Gasteiger partial charge on any atom is -0.333 e. The molecule has 3 aromatic heterocycles. The van der Waals surface area contributed by atoms with Crippen molar-refractivity contribution in [2.75, 3.05) is 10.0 Å². The predicted octanol–water partition coefficient (Wildman–Crippen LogP) is 6.03. The Bertz CT molecular complexity index is 2110. The van der Waals surface area contributed by atoms with Crippen LogP contribution in [0.1, 0.15) is 0 Å². The molecule has 206 valence electrons. The Labute approximate surface area is 238 Å². The number of nitrogens with one attached hydrogen (secondary N) is 2. The van der Waals surface area contributed by atoms with Crippen LogP contribution in [0.2, 0.25) is 10.0 Å². The molecule has 0 radical (unpaired) electrons. The van der Waals surface area contributed by atoms with Gasteiger partial charge in [0.05, 0.1) is 26.8 Å². The summed E-state index contributed by atoms with van der Waals surface area (Å²) in [5.41, 5.74) is -0.550. The zero-order chi connectivity index (χ0) is 28.9. The lowest BCUT2D eigenvalue weighted by molar-refractivity contribution is 0.588. The topological polar surface area (TPSA) is 128 Å². The van der Waals surface area contributed by atoms with Crippen molar-refractivity contribution in [3.05, 3.63) is 94.5 Å². The Morgan fingerprint density at radius 1 is 0.854 bits per heavy atom. The van der Waals surface area contributed by atoms with Gasteiger partial charge in [0.2, 0.25) is 0 Å². The maximum Gasteiger partial charge on any atom is 0.263 e. The summed E-state index contributed by atoms with van der Waals surface area (Å²) in [6, 6.07) is 13.1. The summed E-state index contributed by atoms with van der Waals surface area (Å²) in [5.74, 6) is -2.80. The molecule has 0 aliphatic rings. The SMILES string of the molecule is O=S(=O)(Nc1ccc(F)c(Nc2ncnc3ccc(-n4nnc5c(F)cccc54)nc23)c1F)c1cccc(Cl)c1Cl. The summed E-state index contributed by atoms with van der Waals surface area (Å²) in [5, 5.41) is 10.0. The van der Waals surface area contributed by atoms with Crippen LogP contribution in [-0.4, -0.2) is 38.4 Å². The number of sulfonamides is 1. The van der Waals surface area contributed by atoms with Crippen LogP contribution in [0.25, 0.3) is 27.9 Å². The van der Waals surface area contributed by atoms with Crippen LogP contribution in [0.15, 0.2) is 71.9 Å². The Balaban J connectivity index is 1.40. The van der Waals surface area contributed by atoms with Gasteiger partial charge in [-0.3, -0.25) is 4.72 Å². The first-order valence-corrected chi connectivity index (χ1v) is 13.7. The average molecular weight is 617 g/mol. The molecule has 0 bridgehead atoms. The lowest BCUT2D eigenvalue weighted by Crippen LogP contribution is -2.15. The second-order valence-electron chi connectivity index (χ2n) is 8.43. The molecule has 3 heterocycles. The summed E-state index contributed by atoms with van der Waals surface area (Å²) in [7, 11) is -4.41. The molecular formula is C25H13Cl2F3N8O2S. The summed E-state index contributed by atoms with van der Waals surface area (Å²) in [6.45, 7) is 0. The molecule has 10 nitrogen and oxygen atoms in total. The molecule has 16 heteroatoms. The minimum atomic E-state index is -4.41. The number of pyridine rings is 1. The standard InChI is InChI=1S/C25H13Cl2F3N8O2S/c26-12-3-1-6-18(20(12)27)41(39,40)36-15-8-7-14(29)23(21(15)30)34-25-24-16(31-11-32-25)9-10-19(33-24)38-17-5-2-4-13(28)22(17)35-37-38/h1-11,36H,(H,31,32,34). The Kier molecular flexibility index (Phi) is 6.60. The largest absolute Gasteiger partial charge is 0.333 e. The van der Waals surface area contributed by atoms with Gasteiger partial charge >= 0.3 is 0 Å². The molecule has 0 aliphatic carbocycles. The number of hydrogen-bond acceptors (Lipinski definition) is 8. The van der Waals surface area contributed by atoms with Gasteiger partial charge in [-0.2, -0.15) is 4.68 Å². The molecule has 6 aromatic rings. The molecule has 0 saturated carbocycles. The van der Waals surface area contributed by atoms with E-state index in [9.17, 15) is 17.2 Å². The Morgan fingerprint density at radius 3 is 2.49 bits per heavy atom. The molecular weight excluding hydrogens is 604 g/mol. The van der Waals surface area contributed by atoms with E-state index in [1.807, 2.05) is 0 Å². The van der Waals surface area contributed by atoms with Crippen LogP contribution in [0, 0.1) is 17.5 Å². The van der Waals surface area contributed by atoms with Gasteiger partial charge in [-0.1, -0.05) is 40.5 Å². The second kappa shape index (κ2) is 10.1. The van der Waals surface area contributed by atoms with Crippen LogP contribution >= 0.6 is 23.2 Å². The minimum absolute atomic E-state index is 0.0250. The van der Waals surface area contributed by atoms with Crippen LogP contribution in [0.5, 0.6) is 0 Å². The van der Waals surface area contributed by atoms with Gasteiger partial charge in [0.25, 0.3) is 10.0 Å². The fraction of sp³-hybridized carbons (Fsp3) is 0. The number of anilines is 3. The molecule has 3 aromatic carbocycles. The molecule has 0 spiro atoms. The van der Waals surface area contributed by atoms with Gasteiger partial charge in [0.1, 0.15) is 33.8 Å². The Morgan fingerprint density at radius 2 is 1.66 bits per heavy atom. The van der Waals surface area contributed by atoms with Crippen molar-refractivity contribution in [1.29, 1.82) is 0 Å². The number of benzene rings is 3. The van der Waals surface area contributed by atoms with Crippen LogP contribution in [0.4, 0.5) is 30.4 Å². The van der Waals surface area contributed by atoms with Crippen molar-refractivity contribution in [3.8, 4) is 5.82 Å². The molecule has 6 rings (SSSR count). The highest BCUT2D eigenvalue weighted by molar-refractivity contribution is 7.92. The molecule has 0 saturated heterocycles. The van der Waals surface area contributed by atoms with E-state index < -0.39 is 43.7 Å². The van der Waals surface area contributed by atoms with Crippen molar-refractivity contribution >= 4 is 72.5 Å². The average Bonchev–Trinajstić information content (AvgIpc) is 3.39. The molecule has 0 aliphatic heterocycles. The number of rotatable bonds is 6. The van der Waals surface area contributed by atoms with Gasteiger partial charge in [-0.05, 0) is 48.5 Å². The molecule has 0 unspecified atom stereocenters. The fourth-order valence-electron chi connectivity index (χ4n) is 3.98. The lowest BCUT2D eigenvalue weighted by atomic mass is 10.2. The number of fused-ring (bicyclic) bond motifs is 2. The van der Waals surface area contributed by atoms with E-state index in [0.29, 0.717) is 11.0 Å². The van der Waals surface area contributed by atoms with E-state index in [4.69, 9.17) is 23.2 Å². The number of halogens is 5. The maximum absolute atomic E-state index is 15.5. The summed E-state index contributed by atoms with van der Waals surface area (Å²) < 4.78 is 73.7. The highest BCUT2D eigenvalue weighted by atomic mass is 35.5. The van der Waals surface area contributed by atoms with E-state index in [0.717, 1.165) is 18.5 Å². The number of hydrogen-bond donors (Lipinski definition) is 2. The van der Waals surface area contributed by atoms with Crippen molar-refractivity contribution in [3.63, 3.8) is 0 Å². The Hall–Kier alpha value is -4.53. The van der Waals surface area contributed by atoms with Gasteiger partial charge in [-0.15, -0.1) is 5.10 Å². The zero-order valence-corrected chi connectivity index (χ0v) is 22.5. The van der Waals surface area contributed by atoms with Crippen molar-refractivity contribution in [1.82, 2.24) is 29.9 Å². The predicted molar refractivity (Wildman–Crippen MR) is 147 cm³/mol. The van der Waals surface area contributed by atoms with E-state index in [1.165, 1.54) is 35.0 Å². The summed E-state index contributed by atoms with van der Waals surface area (Å²) in [4.78, 5) is 12.2. The molecule has 0 amide bonds. The number of nitrogens with zero attached hydrogens (tertiary/aromatic N) is 6. The molecule has 41 heavy (non-hydrogen) atoms. The smallest absolute Gasteiger partial charge is 0.263 e. The van der Waals surface area contributed by atoms with E-state index in [2.05, 4.69) is 35.3 Å². The molecule has 2 N–H and O–H groups in total. The van der Waals surface area contributed by atoms with Crippen LogP contribution in [-0.2, 0) is 10.0 Å². The maximum atomic E-state index is 15.5. The van der Waals surface area contributed by atoms with Gasteiger partial charge in [-0.25, -0.2) is 36.5 Å². The normalized spacial score (nSPS) is 11.7. The zero-order valence-electron chi connectivity index (χ0n) is 20.1. The third kappa shape index (κ3) is 4.75. The second-order valence-corrected chi connectivity index (χ2v) is 10.9. The van der Waals surface area contributed by atoms with E-state index >= 15 is 4.39 Å². The first-order chi connectivity index (χ1) is 19.6. The lowest BCUT2D eigenvalue weighted by Gasteiger charge is -2.15. The summed E-state index contributed by atoms with van der Waals surface area (Å²) in [6.07, 6.45) is 1.15. The van der Waals surface area contributed by atoms with Crippen LogP contribution in [0.3, 0.4) is 0 Å². The first kappa shape index (κ1) is 26.7. The van der Waals surface area contributed by atoms with Crippen LogP contribution < -0.4 is 10.0 Å². The van der Waals surface area contributed by atoms with Gasteiger partial charge < -0.3 is 5.32 Å². The molecule has 0 atom stereocenters.